The van der Waals surface area contributed by atoms with Gasteiger partial charge in [-0.05, 0) is 55.5 Å². The fraction of sp³-hybridized carbons (Fsp3) is 0.259. The van der Waals surface area contributed by atoms with Gasteiger partial charge >= 0.3 is 0 Å². The van der Waals surface area contributed by atoms with Crippen LogP contribution in [0.4, 0.5) is 0 Å². The van der Waals surface area contributed by atoms with Gasteiger partial charge in [-0.2, -0.15) is 5.10 Å². The third-order valence-electron chi connectivity index (χ3n) is 6.00. The number of thiophene rings is 1. The van der Waals surface area contributed by atoms with Crippen molar-refractivity contribution in [3.8, 4) is 17.3 Å². The van der Waals surface area contributed by atoms with Crippen molar-refractivity contribution in [3.63, 3.8) is 0 Å². The zero-order valence-corrected chi connectivity index (χ0v) is 21.0. The molecule has 0 saturated carbocycles. The summed E-state index contributed by atoms with van der Waals surface area (Å²) in [4.78, 5) is 16.0. The van der Waals surface area contributed by atoms with Crippen molar-refractivity contribution in [1.29, 1.82) is 0 Å². The molecule has 3 heterocycles. The molecular formula is C27H26ClN3O3S. The van der Waals surface area contributed by atoms with Crippen molar-refractivity contribution in [1.82, 2.24) is 14.7 Å². The number of benzene rings is 2. The maximum Gasteiger partial charge on any atom is 0.264 e. The van der Waals surface area contributed by atoms with Crippen molar-refractivity contribution in [2.45, 2.75) is 32.4 Å². The molecule has 0 bridgehead atoms. The lowest BCUT2D eigenvalue weighted by Gasteiger charge is -2.25. The van der Waals surface area contributed by atoms with Crippen LogP contribution in [0.1, 0.15) is 33.8 Å². The van der Waals surface area contributed by atoms with Crippen molar-refractivity contribution in [3.05, 3.63) is 93.3 Å². The number of ether oxygens (including phenoxy) is 2. The molecule has 1 aliphatic heterocycles. The molecule has 0 radical (unpaired) electrons. The molecule has 1 amide bonds. The second kappa shape index (κ2) is 10.6. The molecule has 1 unspecified atom stereocenters. The Hall–Kier alpha value is -3.13. The van der Waals surface area contributed by atoms with Gasteiger partial charge in [-0.15, -0.1) is 11.3 Å². The summed E-state index contributed by atoms with van der Waals surface area (Å²) in [5.74, 6) is 1.05. The average Bonchev–Trinajstić information content (AvgIpc) is 3.64. The molecule has 0 aliphatic carbocycles. The highest BCUT2D eigenvalue weighted by Gasteiger charge is 2.28. The molecule has 4 aromatic rings. The summed E-state index contributed by atoms with van der Waals surface area (Å²) >= 11 is 7.88. The minimum atomic E-state index is -0.0222. The second-order valence-electron chi connectivity index (χ2n) is 8.45. The van der Waals surface area contributed by atoms with Crippen LogP contribution in [0.15, 0.2) is 72.1 Å². The maximum atomic E-state index is 13.5. The van der Waals surface area contributed by atoms with E-state index in [1.165, 1.54) is 11.3 Å². The number of halogens is 1. The smallest absolute Gasteiger partial charge is 0.264 e. The van der Waals surface area contributed by atoms with E-state index >= 15 is 0 Å². The molecule has 35 heavy (non-hydrogen) atoms. The van der Waals surface area contributed by atoms with Gasteiger partial charge in [0.2, 0.25) is 5.88 Å². The Morgan fingerprint density at radius 1 is 1.17 bits per heavy atom. The molecular weight excluding hydrogens is 482 g/mol. The number of carbonyl (C=O) groups excluding carboxylic acids is 1. The molecule has 8 heteroatoms. The van der Waals surface area contributed by atoms with Crippen LogP contribution in [0.5, 0.6) is 11.6 Å². The Balaban J connectivity index is 1.55. The van der Waals surface area contributed by atoms with Crippen molar-refractivity contribution in [2.24, 2.45) is 0 Å². The summed E-state index contributed by atoms with van der Waals surface area (Å²) in [6.07, 6.45) is 1.98. The number of aromatic nitrogens is 2. The van der Waals surface area contributed by atoms with Gasteiger partial charge in [0, 0.05) is 13.2 Å². The maximum absolute atomic E-state index is 13.5. The van der Waals surface area contributed by atoms with E-state index in [2.05, 4.69) is 0 Å². The van der Waals surface area contributed by atoms with E-state index in [-0.39, 0.29) is 12.0 Å². The lowest BCUT2D eigenvalue weighted by Crippen LogP contribution is -2.36. The SMILES string of the molecule is Cc1nn(-c2ccccc2)c(Oc2ccccc2Cl)c1CN(CC1CCCO1)C(=O)c1cccs1. The topological polar surface area (TPSA) is 56.6 Å². The normalized spacial score (nSPS) is 15.3. The molecule has 0 spiro atoms. The Kier molecular flexibility index (Phi) is 7.18. The van der Waals surface area contributed by atoms with Crippen LogP contribution in [-0.4, -0.2) is 39.8 Å². The van der Waals surface area contributed by atoms with Gasteiger partial charge in [-0.3, -0.25) is 4.79 Å². The highest BCUT2D eigenvalue weighted by Crippen LogP contribution is 2.35. The third-order valence-corrected chi connectivity index (χ3v) is 7.17. The van der Waals surface area contributed by atoms with Crippen molar-refractivity contribution >= 4 is 28.8 Å². The molecule has 1 fully saturated rings. The van der Waals surface area contributed by atoms with Crippen LogP contribution in [0.2, 0.25) is 5.02 Å². The average molecular weight is 508 g/mol. The minimum absolute atomic E-state index is 0.0222. The molecule has 5 rings (SSSR count). The van der Waals surface area contributed by atoms with Gasteiger partial charge in [0.05, 0.1) is 39.5 Å². The number of nitrogens with zero attached hydrogens (tertiary/aromatic N) is 3. The molecule has 2 aromatic heterocycles. The van der Waals surface area contributed by atoms with Gasteiger partial charge in [-0.1, -0.05) is 48.0 Å². The third kappa shape index (κ3) is 5.27. The van der Waals surface area contributed by atoms with E-state index < -0.39 is 0 Å². The molecule has 1 saturated heterocycles. The van der Waals surface area contributed by atoms with Crippen LogP contribution >= 0.6 is 22.9 Å². The largest absolute Gasteiger partial charge is 0.437 e. The van der Waals surface area contributed by atoms with E-state index in [0.717, 1.165) is 36.4 Å². The zero-order valence-electron chi connectivity index (χ0n) is 19.4. The van der Waals surface area contributed by atoms with Gasteiger partial charge < -0.3 is 14.4 Å². The summed E-state index contributed by atoms with van der Waals surface area (Å²) in [7, 11) is 0. The Morgan fingerprint density at radius 3 is 2.69 bits per heavy atom. The fourth-order valence-corrected chi connectivity index (χ4v) is 5.07. The Morgan fingerprint density at radius 2 is 1.97 bits per heavy atom. The number of aryl methyl sites for hydroxylation is 1. The van der Waals surface area contributed by atoms with E-state index in [1.54, 1.807) is 10.7 Å². The minimum Gasteiger partial charge on any atom is -0.437 e. The summed E-state index contributed by atoms with van der Waals surface area (Å²) in [6.45, 7) is 3.53. The van der Waals surface area contributed by atoms with E-state index in [4.69, 9.17) is 26.2 Å². The molecule has 1 atom stereocenters. The zero-order chi connectivity index (χ0) is 24.2. The number of hydrogen-bond acceptors (Lipinski definition) is 5. The summed E-state index contributed by atoms with van der Waals surface area (Å²) in [5, 5.41) is 7.22. The lowest BCUT2D eigenvalue weighted by molar-refractivity contribution is 0.0509. The first-order chi connectivity index (χ1) is 17.1. The quantitative estimate of drug-likeness (QED) is 0.273. The van der Waals surface area contributed by atoms with Crippen LogP contribution in [0, 0.1) is 6.92 Å². The first kappa shape index (κ1) is 23.6. The molecule has 6 nitrogen and oxygen atoms in total. The predicted octanol–water partition coefficient (Wildman–Crippen LogP) is 6.51. The molecule has 2 aromatic carbocycles. The standard InChI is InChI=1S/C27H26ClN3O3S/c1-19-22(18-30(17-21-11-7-15-33-21)26(32)25-14-8-16-35-25)27(34-24-13-6-5-12-23(24)28)31(29-19)20-9-3-2-4-10-20/h2-6,8-10,12-14,16,21H,7,11,15,17-18H2,1H3. The van der Waals surface area contributed by atoms with Gasteiger partial charge in [0.1, 0.15) is 5.75 Å². The molecule has 180 valence electrons. The van der Waals surface area contributed by atoms with Crippen LogP contribution < -0.4 is 4.74 Å². The number of amides is 1. The first-order valence-corrected chi connectivity index (χ1v) is 12.9. The first-order valence-electron chi connectivity index (χ1n) is 11.6. The summed E-state index contributed by atoms with van der Waals surface area (Å²) in [6, 6.07) is 20.9. The van der Waals surface area contributed by atoms with Crippen LogP contribution in [0.3, 0.4) is 0 Å². The lowest BCUT2D eigenvalue weighted by atomic mass is 10.2. The summed E-state index contributed by atoms with van der Waals surface area (Å²) < 4.78 is 14.0. The van der Waals surface area contributed by atoms with Crippen LogP contribution in [0.25, 0.3) is 5.69 Å². The van der Waals surface area contributed by atoms with Crippen molar-refractivity contribution in [2.75, 3.05) is 13.2 Å². The van der Waals surface area contributed by atoms with E-state index in [1.807, 2.05) is 77.9 Å². The van der Waals surface area contributed by atoms with Gasteiger partial charge in [0.25, 0.3) is 5.91 Å². The highest BCUT2D eigenvalue weighted by molar-refractivity contribution is 7.12. The number of hydrogen-bond donors (Lipinski definition) is 0. The van der Waals surface area contributed by atoms with Crippen LogP contribution in [-0.2, 0) is 11.3 Å². The Labute approximate surface area is 213 Å². The molecule has 0 N–H and O–H groups in total. The second-order valence-corrected chi connectivity index (χ2v) is 9.80. The highest BCUT2D eigenvalue weighted by atomic mass is 35.5. The molecule has 1 aliphatic rings. The van der Waals surface area contributed by atoms with Gasteiger partial charge in [-0.25, -0.2) is 4.68 Å². The summed E-state index contributed by atoms with van der Waals surface area (Å²) in [5.41, 5.74) is 2.48. The number of rotatable bonds is 8. The number of para-hydroxylation sites is 2. The van der Waals surface area contributed by atoms with Crippen molar-refractivity contribution < 1.29 is 14.3 Å². The monoisotopic (exact) mass is 507 g/mol. The number of carbonyl (C=O) groups is 1. The fourth-order valence-electron chi connectivity index (χ4n) is 4.20. The van der Waals surface area contributed by atoms with Gasteiger partial charge in [0.15, 0.2) is 0 Å². The van der Waals surface area contributed by atoms with E-state index in [0.29, 0.717) is 34.6 Å². The predicted molar refractivity (Wildman–Crippen MR) is 138 cm³/mol. The van der Waals surface area contributed by atoms with E-state index in [9.17, 15) is 4.79 Å². The Bertz CT molecular complexity index is 1280.